The minimum Gasteiger partial charge on any atom is -0.550 e. The lowest BCUT2D eigenvalue weighted by atomic mass is 9.72. The van der Waals surface area contributed by atoms with Gasteiger partial charge in [0.2, 0.25) is 5.91 Å². The quantitative estimate of drug-likeness (QED) is 0.596. The maximum atomic E-state index is 12.6. The van der Waals surface area contributed by atoms with Crippen LogP contribution in [-0.4, -0.2) is 17.8 Å². The average Bonchev–Trinajstić information content (AvgIpc) is 3.08. The SMILES string of the molecule is CC(C)(C)[C@@H]1CCc2c(C(=O)NNC(=O)[C@H]3CC=CC[C@@H]3C(=O)[O-])csc2C1. The second-order valence-electron chi connectivity index (χ2n) is 8.78. The molecule has 0 radical (unpaired) electrons. The Morgan fingerprint density at radius 1 is 1.11 bits per heavy atom. The Kier molecular flexibility index (Phi) is 5.93. The summed E-state index contributed by atoms with van der Waals surface area (Å²) in [6, 6.07) is 0. The van der Waals surface area contributed by atoms with Gasteiger partial charge in [-0.2, -0.15) is 0 Å². The lowest BCUT2D eigenvalue weighted by Gasteiger charge is -2.34. The monoisotopic (exact) mass is 403 g/mol. The molecule has 7 heteroatoms. The number of aliphatic carboxylic acids is 1. The van der Waals surface area contributed by atoms with Gasteiger partial charge in [-0.1, -0.05) is 32.9 Å². The van der Waals surface area contributed by atoms with Crippen molar-refractivity contribution in [3.8, 4) is 0 Å². The number of fused-ring (bicyclic) bond motifs is 1. The van der Waals surface area contributed by atoms with E-state index in [0.29, 0.717) is 17.9 Å². The molecule has 0 aromatic carbocycles. The number of amides is 2. The molecule has 2 N–H and O–H groups in total. The first kappa shape index (κ1) is 20.6. The van der Waals surface area contributed by atoms with Crippen LogP contribution in [0.1, 0.15) is 60.8 Å². The summed E-state index contributed by atoms with van der Waals surface area (Å²) in [5, 5.41) is 13.1. The number of carboxylic acids is 1. The molecule has 0 spiro atoms. The third-order valence-electron chi connectivity index (χ3n) is 6.00. The third-order valence-corrected chi connectivity index (χ3v) is 7.05. The van der Waals surface area contributed by atoms with Gasteiger partial charge in [-0.3, -0.25) is 20.4 Å². The van der Waals surface area contributed by atoms with E-state index in [2.05, 4.69) is 31.6 Å². The van der Waals surface area contributed by atoms with Crippen molar-refractivity contribution in [3.63, 3.8) is 0 Å². The van der Waals surface area contributed by atoms with Gasteiger partial charge in [0.05, 0.1) is 11.5 Å². The highest BCUT2D eigenvalue weighted by Crippen LogP contribution is 2.40. The first-order valence-corrected chi connectivity index (χ1v) is 10.6. The molecule has 0 bridgehead atoms. The van der Waals surface area contributed by atoms with Crippen LogP contribution in [0.5, 0.6) is 0 Å². The zero-order valence-electron chi connectivity index (χ0n) is 16.5. The van der Waals surface area contributed by atoms with Crippen molar-refractivity contribution in [2.45, 2.75) is 52.9 Å². The van der Waals surface area contributed by atoms with Gasteiger partial charge in [0.15, 0.2) is 0 Å². The minimum atomic E-state index is -1.24. The maximum Gasteiger partial charge on any atom is 0.270 e. The summed E-state index contributed by atoms with van der Waals surface area (Å²) >= 11 is 1.60. The maximum absolute atomic E-state index is 12.6. The number of nitrogens with one attached hydrogen (secondary N) is 2. The fraction of sp³-hybridized carbons (Fsp3) is 0.571. The van der Waals surface area contributed by atoms with Crippen LogP contribution in [0.2, 0.25) is 0 Å². The van der Waals surface area contributed by atoms with Crippen molar-refractivity contribution < 1.29 is 19.5 Å². The average molecular weight is 404 g/mol. The van der Waals surface area contributed by atoms with Crippen LogP contribution in [-0.2, 0) is 22.4 Å². The number of hydrogen-bond donors (Lipinski definition) is 2. The first-order chi connectivity index (χ1) is 13.2. The van der Waals surface area contributed by atoms with Crippen molar-refractivity contribution in [1.29, 1.82) is 0 Å². The third kappa shape index (κ3) is 4.29. The van der Waals surface area contributed by atoms with Crippen molar-refractivity contribution in [1.82, 2.24) is 10.9 Å². The molecular formula is C21H27N2O4S-. The fourth-order valence-electron chi connectivity index (χ4n) is 4.08. The van der Waals surface area contributed by atoms with Crippen LogP contribution < -0.4 is 16.0 Å². The topological polar surface area (TPSA) is 98.3 Å². The molecule has 1 heterocycles. The Balaban J connectivity index is 1.62. The number of carbonyl (C=O) groups is 3. The fourth-order valence-corrected chi connectivity index (χ4v) is 5.25. The molecule has 2 amide bonds. The summed E-state index contributed by atoms with van der Waals surface area (Å²) in [5.74, 6) is -3.10. The second-order valence-corrected chi connectivity index (χ2v) is 9.74. The number of hydrazine groups is 1. The molecule has 28 heavy (non-hydrogen) atoms. The molecule has 0 saturated carbocycles. The Hall–Kier alpha value is -2.15. The lowest BCUT2D eigenvalue weighted by molar-refractivity contribution is -0.313. The normalized spacial score (nSPS) is 24.3. The molecule has 2 aliphatic rings. The molecule has 2 aliphatic carbocycles. The highest BCUT2D eigenvalue weighted by molar-refractivity contribution is 7.10. The van der Waals surface area contributed by atoms with Gasteiger partial charge in [0.1, 0.15) is 0 Å². The molecule has 3 atom stereocenters. The van der Waals surface area contributed by atoms with Crippen LogP contribution in [0.25, 0.3) is 0 Å². The van der Waals surface area contributed by atoms with Gasteiger partial charge in [-0.05, 0) is 49.0 Å². The number of thiophene rings is 1. The summed E-state index contributed by atoms with van der Waals surface area (Å²) in [6.45, 7) is 6.75. The second kappa shape index (κ2) is 8.07. The number of carboxylic acid groups (broad SMARTS) is 1. The van der Waals surface area contributed by atoms with E-state index >= 15 is 0 Å². The van der Waals surface area contributed by atoms with Gasteiger partial charge in [0.25, 0.3) is 5.91 Å². The van der Waals surface area contributed by atoms with Crippen molar-refractivity contribution in [2.24, 2.45) is 23.2 Å². The van der Waals surface area contributed by atoms with E-state index in [1.165, 1.54) is 4.88 Å². The predicted octanol–water partition coefficient (Wildman–Crippen LogP) is 1.99. The van der Waals surface area contributed by atoms with E-state index in [1.807, 2.05) is 5.38 Å². The summed E-state index contributed by atoms with van der Waals surface area (Å²) in [6.07, 6.45) is 6.99. The van der Waals surface area contributed by atoms with Crippen LogP contribution >= 0.6 is 11.3 Å². The number of allylic oxidation sites excluding steroid dienone is 2. The van der Waals surface area contributed by atoms with E-state index in [4.69, 9.17) is 0 Å². The van der Waals surface area contributed by atoms with Crippen LogP contribution in [0.3, 0.4) is 0 Å². The van der Waals surface area contributed by atoms with E-state index < -0.39 is 23.7 Å². The van der Waals surface area contributed by atoms with Crippen LogP contribution in [0.4, 0.5) is 0 Å². The van der Waals surface area contributed by atoms with Gasteiger partial charge in [-0.25, -0.2) is 0 Å². The predicted molar refractivity (Wildman–Crippen MR) is 105 cm³/mol. The number of carbonyl (C=O) groups excluding carboxylic acids is 3. The number of rotatable bonds is 3. The van der Waals surface area contributed by atoms with Gasteiger partial charge in [0, 0.05) is 22.1 Å². The first-order valence-electron chi connectivity index (χ1n) is 9.73. The van der Waals surface area contributed by atoms with E-state index in [9.17, 15) is 19.5 Å². The molecule has 0 saturated heterocycles. The highest BCUT2D eigenvalue weighted by Gasteiger charge is 2.33. The molecule has 6 nitrogen and oxygen atoms in total. The Morgan fingerprint density at radius 3 is 2.43 bits per heavy atom. The standard InChI is InChI=1S/C21H28N2O4S/c1-21(2,3)12-8-9-13-16(11-28-17(13)10-12)19(25)23-22-18(24)14-6-4-5-7-15(14)20(26)27/h4-5,11-12,14-15H,6-10H2,1-3H3,(H,22,24)(H,23,25)(H,26,27)/p-1/t12-,14+,15+/m1/s1. The molecule has 3 rings (SSSR count). The molecule has 1 aromatic rings. The van der Waals surface area contributed by atoms with Crippen LogP contribution in [0.15, 0.2) is 17.5 Å². The largest absolute Gasteiger partial charge is 0.550 e. The zero-order valence-corrected chi connectivity index (χ0v) is 17.4. The van der Waals surface area contributed by atoms with E-state index in [0.717, 1.165) is 24.8 Å². The lowest BCUT2D eigenvalue weighted by Crippen LogP contribution is -2.49. The summed E-state index contributed by atoms with van der Waals surface area (Å²) in [5.41, 5.74) is 6.79. The highest BCUT2D eigenvalue weighted by atomic mass is 32.1. The minimum absolute atomic E-state index is 0.238. The number of hydrogen-bond acceptors (Lipinski definition) is 5. The molecule has 152 valence electrons. The molecular weight excluding hydrogens is 376 g/mol. The molecule has 0 aliphatic heterocycles. The Morgan fingerprint density at radius 2 is 1.79 bits per heavy atom. The van der Waals surface area contributed by atoms with Gasteiger partial charge >= 0.3 is 0 Å². The smallest absolute Gasteiger partial charge is 0.270 e. The van der Waals surface area contributed by atoms with Crippen molar-refractivity contribution in [2.75, 3.05) is 0 Å². The molecule has 0 fully saturated rings. The summed E-state index contributed by atoms with van der Waals surface area (Å²) in [7, 11) is 0. The zero-order chi connectivity index (χ0) is 20.5. The Bertz CT molecular complexity index is 806. The van der Waals surface area contributed by atoms with Crippen LogP contribution in [0, 0.1) is 23.2 Å². The Labute approximate surface area is 169 Å². The van der Waals surface area contributed by atoms with Crippen molar-refractivity contribution in [3.05, 3.63) is 33.5 Å². The van der Waals surface area contributed by atoms with E-state index in [-0.39, 0.29) is 17.7 Å². The van der Waals surface area contributed by atoms with E-state index in [1.54, 1.807) is 23.5 Å². The molecule has 0 unspecified atom stereocenters. The summed E-state index contributed by atoms with van der Waals surface area (Å²) in [4.78, 5) is 37.5. The summed E-state index contributed by atoms with van der Waals surface area (Å²) < 4.78 is 0. The van der Waals surface area contributed by atoms with Gasteiger partial charge in [-0.15, -0.1) is 11.3 Å². The van der Waals surface area contributed by atoms with Crippen molar-refractivity contribution >= 4 is 29.1 Å². The van der Waals surface area contributed by atoms with Gasteiger partial charge < -0.3 is 9.90 Å². The molecule has 1 aromatic heterocycles.